The largest absolute Gasteiger partial charge is 0.573 e. The van der Waals surface area contributed by atoms with Gasteiger partial charge in [-0.05, 0) is 42.3 Å². The van der Waals surface area contributed by atoms with Crippen molar-refractivity contribution in [3.05, 3.63) is 65.7 Å². The van der Waals surface area contributed by atoms with E-state index in [1.165, 1.54) is 12.1 Å². The van der Waals surface area contributed by atoms with Crippen LogP contribution in [0.25, 0.3) is 0 Å². The summed E-state index contributed by atoms with van der Waals surface area (Å²) in [5.41, 5.74) is 7.33. The molecule has 27 heavy (non-hydrogen) atoms. The average molecular weight is 401 g/mol. The van der Waals surface area contributed by atoms with Crippen LogP contribution in [0.2, 0.25) is 0 Å². The third kappa shape index (κ3) is 5.14. The maximum atomic E-state index is 12.7. The number of hydrogen-bond donors (Lipinski definition) is 1. The van der Waals surface area contributed by atoms with Gasteiger partial charge in [0.2, 0.25) is 0 Å². The SMILES string of the molecule is Cl.NC[C@@H]1CN(C(=O)c2ccc(OC(F)(F)F)cc2)C[C@H]1c1ccccc1. The molecule has 3 rings (SSSR count). The van der Waals surface area contributed by atoms with E-state index in [9.17, 15) is 18.0 Å². The number of carbonyl (C=O) groups is 1. The molecule has 0 aliphatic carbocycles. The molecule has 2 atom stereocenters. The van der Waals surface area contributed by atoms with Gasteiger partial charge in [-0.2, -0.15) is 0 Å². The Balaban J connectivity index is 0.00000261. The molecule has 0 aromatic heterocycles. The molecule has 2 N–H and O–H groups in total. The first kappa shape index (κ1) is 21.1. The molecule has 1 aliphatic rings. The zero-order valence-corrected chi connectivity index (χ0v) is 15.2. The van der Waals surface area contributed by atoms with Gasteiger partial charge < -0.3 is 15.4 Å². The predicted octanol–water partition coefficient (Wildman–Crippen LogP) is 3.82. The van der Waals surface area contributed by atoms with E-state index in [2.05, 4.69) is 4.74 Å². The number of amides is 1. The molecule has 0 spiro atoms. The summed E-state index contributed by atoms with van der Waals surface area (Å²) in [6.07, 6.45) is -4.75. The number of carbonyl (C=O) groups excluding carboxylic acids is 1. The van der Waals surface area contributed by atoms with Crippen LogP contribution >= 0.6 is 12.4 Å². The summed E-state index contributed by atoms with van der Waals surface area (Å²) in [4.78, 5) is 14.4. The molecule has 8 heteroatoms. The second-order valence-corrected chi connectivity index (χ2v) is 6.30. The smallest absolute Gasteiger partial charge is 0.406 e. The van der Waals surface area contributed by atoms with Gasteiger partial charge in [-0.1, -0.05) is 30.3 Å². The number of alkyl halides is 3. The quantitative estimate of drug-likeness (QED) is 0.848. The summed E-state index contributed by atoms with van der Waals surface area (Å²) < 4.78 is 40.5. The Bertz CT molecular complexity index is 754. The number of nitrogens with two attached hydrogens (primary N) is 1. The standard InChI is InChI=1S/C19H19F3N2O2.ClH/c20-19(21,22)26-16-8-6-14(7-9-16)18(25)24-11-15(10-23)17(12-24)13-4-2-1-3-5-13;/h1-9,15,17H,10-12,23H2;1H/t15-,17+;/m1./s1. The van der Waals surface area contributed by atoms with Crippen LogP contribution in [0, 0.1) is 5.92 Å². The highest BCUT2D eigenvalue weighted by molar-refractivity contribution is 5.94. The van der Waals surface area contributed by atoms with Crippen molar-refractivity contribution in [2.24, 2.45) is 11.7 Å². The molecule has 0 bridgehead atoms. The minimum absolute atomic E-state index is 0. The summed E-state index contributed by atoms with van der Waals surface area (Å²) in [6, 6.07) is 14.9. The van der Waals surface area contributed by atoms with Crippen molar-refractivity contribution in [3.63, 3.8) is 0 Å². The van der Waals surface area contributed by atoms with Gasteiger partial charge in [0.15, 0.2) is 0 Å². The molecule has 0 radical (unpaired) electrons. The molecule has 2 aromatic rings. The molecule has 1 amide bonds. The van der Waals surface area contributed by atoms with Gasteiger partial charge in [0.25, 0.3) is 5.91 Å². The number of rotatable bonds is 4. The van der Waals surface area contributed by atoms with Crippen LogP contribution in [0.1, 0.15) is 21.8 Å². The average Bonchev–Trinajstić information content (AvgIpc) is 3.05. The van der Waals surface area contributed by atoms with E-state index in [0.717, 1.165) is 17.7 Å². The summed E-state index contributed by atoms with van der Waals surface area (Å²) in [5.74, 6) is -0.273. The number of ether oxygens (including phenoxy) is 1. The molecule has 2 aromatic carbocycles. The van der Waals surface area contributed by atoms with Crippen LogP contribution in [0.3, 0.4) is 0 Å². The Labute approximate surface area is 161 Å². The lowest BCUT2D eigenvalue weighted by Crippen LogP contribution is -2.29. The van der Waals surface area contributed by atoms with Crippen molar-refractivity contribution in [1.29, 1.82) is 0 Å². The molecular weight excluding hydrogens is 381 g/mol. The van der Waals surface area contributed by atoms with Crippen molar-refractivity contribution in [1.82, 2.24) is 4.90 Å². The third-order valence-corrected chi connectivity index (χ3v) is 4.59. The topological polar surface area (TPSA) is 55.6 Å². The Hall–Kier alpha value is -2.25. The second-order valence-electron chi connectivity index (χ2n) is 6.30. The minimum Gasteiger partial charge on any atom is -0.406 e. The Morgan fingerprint density at radius 1 is 1.07 bits per heavy atom. The van der Waals surface area contributed by atoms with Gasteiger partial charge in [-0.15, -0.1) is 25.6 Å². The van der Waals surface area contributed by atoms with Crippen LogP contribution in [0.5, 0.6) is 5.75 Å². The van der Waals surface area contributed by atoms with E-state index in [-0.39, 0.29) is 35.9 Å². The summed E-state index contributed by atoms with van der Waals surface area (Å²) in [7, 11) is 0. The third-order valence-electron chi connectivity index (χ3n) is 4.59. The lowest BCUT2D eigenvalue weighted by Gasteiger charge is -2.17. The zero-order chi connectivity index (χ0) is 18.7. The van der Waals surface area contributed by atoms with E-state index >= 15 is 0 Å². The van der Waals surface area contributed by atoms with Crippen LogP contribution in [0.15, 0.2) is 54.6 Å². The van der Waals surface area contributed by atoms with Gasteiger partial charge >= 0.3 is 6.36 Å². The maximum Gasteiger partial charge on any atom is 0.573 e. The van der Waals surface area contributed by atoms with E-state index in [4.69, 9.17) is 5.73 Å². The highest BCUT2D eigenvalue weighted by atomic mass is 35.5. The van der Waals surface area contributed by atoms with Gasteiger partial charge in [0.05, 0.1) is 0 Å². The van der Waals surface area contributed by atoms with Gasteiger partial charge in [0.1, 0.15) is 5.75 Å². The number of nitrogens with zero attached hydrogens (tertiary/aromatic N) is 1. The second kappa shape index (κ2) is 8.63. The van der Waals surface area contributed by atoms with E-state index in [1.807, 2.05) is 30.3 Å². The van der Waals surface area contributed by atoms with Crippen LogP contribution in [0.4, 0.5) is 13.2 Å². The zero-order valence-electron chi connectivity index (χ0n) is 14.4. The molecule has 1 saturated heterocycles. The number of halogens is 4. The van der Waals surface area contributed by atoms with Crippen LogP contribution in [-0.4, -0.2) is 36.8 Å². The fourth-order valence-electron chi connectivity index (χ4n) is 3.34. The number of hydrogen-bond acceptors (Lipinski definition) is 3. The molecule has 1 heterocycles. The lowest BCUT2D eigenvalue weighted by molar-refractivity contribution is -0.274. The Morgan fingerprint density at radius 2 is 1.70 bits per heavy atom. The first-order valence-electron chi connectivity index (χ1n) is 8.27. The summed E-state index contributed by atoms with van der Waals surface area (Å²) in [5, 5.41) is 0. The van der Waals surface area contributed by atoms with Gasteiger partial charge in [-0.3, -0.25) is 4.79 Å². The molecular formula is C19H20ClF3N2O2. The monoisotopic (exact) mass is 400 g/mol. The van der Waals surface area contributed by atoms with Gasteiger partial charge in [-0.25, -0.2) is 0 Å². The molecule has 4 nitrogen and oxygen atoms in total. The lowest BCUT2D eigenvalue weighted by atomic mass is 9.89. The predicted molar refractivity (Wildman–Crippen MR) is 98.0 cm³/mol. The van der Waals surface area contributed by atoms with Gasteiger partial charge in [0, 0.05) is 24.6 Å². The molecule has 146 valence electrons. The first-order chi connectivity index (χ1) is 12.4. The molecule has 1 fully saturated rings. The first-order valence-corrected chi connectivity index (χ1v) is 8.27. The molecule has 0 saturated carbocycles. The maximum absolute atomic E-state index is 12.7. The fraction of sp³-hybridized carbons (Fsp3) is 0.316. The van der Waals surface area contributed by atoms with E-state index < -0.39 is 6.36 Å². The minimum atomic E-state index is -4.75. The van der Waals surface area contributed by atoms with Crippen LogP contribution in [-0.2, 0) is 0 Å². The molecule has 0 unspecified atom stereocenters. The van der Waals surface area contributed by atoms with Crippen molar-refractivity contribution in [3.8, 4) is 5.75 Å². The summed E-state index contributed by atoms with van der Waals surface area (Å²) >= 11 is 0. The van der Waals surface area contributed by atoms with Crippen molar-refractivity contribution in [2.45, 2.75) is 12.3 Å². The highest BCUT2D eigenvalue weighted by Crippen LogP contribution is 2.33. The highest BCUT2D eigenvalue weighted by Gasteiger charge is 2.36. The number of benzene rings is 2. The Morgan fingerprint density at radius 3 is 2.26 bits per heavy atom. The molecule has 1 aliphatic heterocycles. The Kier molecular flexibility index (Phi) is 6.73. The van der Waals surface area contributed by atoms with E-state index in [1.54, 1.807) is 4.90 Å². The van der Waals surface area contributed by atoms with Crippen LogP contribution < -0.4 is 10.5 Å². The van der Waals surface area contributed by atoms with Crippen molar-refractivity contribution in [2.75, 3.05) is 19.6 Å². The normalized spacial score (nSPS) is 19.5. The van der Waals surface area contributed by atoms with Crippen molar-refractivity contribution >= 4 is 18.3 Å². The van der Waals surface area contributed by atoms with Crippen molar-refractivity contribution < 1.29 is 22.7 Å². The fourth-order valence-corrected chi connectivity index (χ4v) is 3.34. The number of likely N-dealkylation sites (tertiary alicyclic amines) is 1. The van der Waals surface area contributed by atoms with E-state index in [0.29, 0.717) is 25.2 Å². The summed E-state index contributed by atoms with van der Waals surface area (Å²) in [6.45, 7) is 1.52.